The zero-order valence-corrected chi connectivity index (χ0v) is 17.2. The Morgan fingerprint density at radius 1 is 1.20 bits per heavy atom. The van der Waals surface area contributed by atoms with Crippen molar-refractivity contribution in [2.45, 2.75) is 41.9 Å². The molecule has 2 aromatic rings. The molecule has 25 heavy (non-hydrogen) atoms. The van der Waals surface area contributed by atoms with Crippen LogP contribution >= 0.6 is 34.9 Å². The minimum absolute atomic E-state index is 0.00315. The van der Waals surface area contributed by atoms with Crippen molar-refractivity contribution in [3.05, 3.63) is 47.5 Å². The SMILES string of the molecule is C=C(C)CSc1nnc(SCC(=O)NC(C)c2ccc(CC)cc2)s1. The third kappa shape index (κ3) is 6.84. The first-order valence-corrected chi connectivity index (χ1v) is 10.9. The molecule has 134 valence electrons. The molecule has 0 bridgehead atoms. The van der Waals surface area contributed by atoms with Crippen LogP contribution in [0.25, 0.3) is 0 Å². The van der Waals surface area contributed by atoms with Crippen LogP contribution in [0.15, 0.2) is 45.1 Å². The summed E-state index contributed by atoms with van der Waals surface area (Å²) in [4.78, 5) is 12.2. The number of benzene rings is 1. The van der Waals surface area contributed by atoms with Gasteiger partial charge in [0.15, 0.2) is 8.68 Å². The van der Waals surface area contributed by atoms with Gasteiger partial charge in [0, 0.05) is 5.75 Å². The molecule has 1 atom stereocenters. The summed E-state index contributed by atoms with van der Waals surface area (Å²) in [6.07, 6.45) is 1.02. The van der Waals surface area contributed by atoms with Gasteiger partial charge in [-0.15, -0.1) is 10.2 Å². The summed E-state index contributed by atoms with van der Waals surface area (Å²) >= 11 is 4.57. The van der Waals surface area contributed by atoms with E-state index < -0.39 is 0 Å². The molecule has 1 N–H and O–H groups in total. The first-order valence-electron chi connectivity index (χ1n) is 8.09. The van der Waals surface area contributed by atoms with Crippen LogP contribution < -0.4 is 5.32 Å². The third-order valence-corrected chi connectivity index (χ3v) is 6.84. The van der Waals surface area contributed by atoms with E-state index in [-0.39, 0.29) is 11.9 Å². The van der Waals surface area contributed by atoms with Crippen LogP contribution in [0.5, 0.6) is 0 Å². The highest BCUT2D eigenvalue weighted by atomic mass is 32.2. The van der Waals surface area contributed by atoms with Crippen molar-refractivity contribution in [3.63, 3.8) is 0 Å². The number of rotatable bonds is 9. The van der Waals surface area contributed by atoms with Crippen LogP contribution in [-0.2, 0) is 11.2 Å². The highest BCUT2D eigenvalue weighted by Crippen LogP contribution is 2.29. The topological polar surface area (TPSA) is 54.9 Å². The van der Waals surface area contributed by atoms with Gasteiger partial charge in [-0.3, -0.25) is 4.79 Å². The summed E-state index contributed by atoms with van der Waals surface area (Å²) < 4.78 is 1.73. The fourth-order valence-electron chi connectivity index (χ4n) is 2.03. The molecule has 2 rings (SSSR count). The number of hydrogen-bond donors (Lipinski definition) is 1. The van der Waals surface area contributed by atoms with E-state index in [0.717, 1.165) is 32.0 Å². The monoisotopic (exact) mass is 393 g/mol. The lowest BCUT2D eigenvalue weighted by molar-refractivity contribution is -0.119. The van der Waals surface area contributed by atoms with Crippen molar-refractivity contribution in [1.29, 1.82) is 0 Å². The Balaban J connectivity index is 1.78. The molecular formula is C18H23N3OS3. The number of carbonyl (C=O) groups excluding carboxylic acids is 1. The van der Waals surface area contributed by atoms with E-state index in [9.17, 15) is 4.79 Å². The number of aryl methyl sites for hydroxylation is 1. The molecule has 0 fully saturated rings. The van der Waals surface area contributed by atoms with Gasteiger partial charge in [-0.2, -0.15) is 0 Å². The van der Waals surface area contributed by atoms with Crippen molar-refractivity contribution in [2.75, 3.05) is 11.5 Å². The highest BCUT2D eigenvalue weighted by molar-refractivity contribution is 8.03. The predicted molar refractivity (Wildman–Crippen MR) is 109 cm³/mol. The van der Waals surface area contributed by atoms with Crippen molar-refractivity contribution >= 4 is 40.8 Å². The van der Waals surface area contributed by atoms with Crippen molar-refractivity contribution < 1.29 is 4.79 Å². The number of amides is 1. The summed E-state index contributed by atoms with van der Waals surface area (Å²) in [7, 11) is 0. The Hall–Kier alpha value is -1.31. The van der Waals surface area contributed by atoms with Gasteiger partial charge >= 0.3 is 0 Å². The number of aromatic nitrogens is 2. The second-order valence-corrected chi connectivity index (χ2v) is 9.18. The Bertz CT molecular complexity index is 713. The van der Waals surface area contributed by atoms with E-state index in [1.54, 1.807) is 11.8 Å². The molecule has 0 saturated carbocycles. The molecule has 1 amide bonds. The maximum Gasteiger partial charge on any atom is 0.230 e. The van der Waals surface area contributed by atoms with Crippen molar-refractivity contribution in [1.82, 2.24) is 15.5 Å². The van der Waals surface area contributed by atoms with Gasteiger partial charge in [0.2, 0.25) is 5.91 Å². The van der Waals surface area contributed by atoms with E-state index in [2.05, 4.69) is 53.3 Å². The summed E-state index contributed by atoms with van der Waals surface area (Å²) in [5.74, 6) is 1.19. The predicted octanol–water partition coefficient (Wildman–Crippen LogP) is 4.74. The molecule has 1 heterocycles. The van der Waals surface area contributed by atoms with Gasteiger partial charge in [-0.25, -0.2) is 0 Å². The van der Waals surface area contributed by atoms with Gasteiger partial charge in [0.1, 0.15) is 0 Å². The highest BCUT2D eigenvalue weighted by Gasteiger charge is 2.12. The number of nitrogens with zero attached hydrogens (tertiary/aromatic N) is 2. The van der Waals surface area contributed by atoms with E-state index in [1.807, 2.05) is 13.8 Å². The van der Waals surface area contributed by atoms with E-state index in [0.29, 0.717) is 5.75 Å². The smallest absolute Gasteiger partial charge is 0.230 e. The summed E-state index contributed by atoms with van der Waals surface area (Å²) in [6, 6.07) is 8.37. The lowest BCUT2D eigenvalue weighted by Crippen LogP contribution is -2.28. The molecule has 0 radical (unpaired) electrons. The number of thioether (sulfide) groups is 2. The molecule has 0 aliphatic heterocycles. The lowest BCUT2D eigenvalue weighted by atomic mass is 10.1. The standard InChI is InChI=1S/C18H23N3OS3/c1-5-14-6-8-15(9-7-14)13(4)19-16(22)11-24-18-21-20-17(25-18)23-10-12(2)3/h6-9,13H,2,5,10-11H2,1,3-4H3,(H,19,22). The second-order valence-electron chi connectivity index (χ2n) is 5.75. The largest absolute Gasteiger partial charge is 0.349 e. The molecule has 1 unspecified atom stereocenters. The summed E-state index contributed by atoms with van der Waals surface area (Å²) in [6.45, 7) is 10.0. The summed E-state index contributed by atoms with van der Waals surface area (Å²) in [5, 5.41) is 11.3. The average molecular weight is 394 g/mol. The van der Waals surface area contributed by atoms with Gasteiger partial charge in [0.05, 0.1) is 11.8 Å². The minimum atomic E-state index is -0.00453. The first kappa shape index (κ1) is 20.0. The molecule has 1 aromatic heterocycles. The van der Waals surface area contributed by atoms with Crippen LogP contribution in [0.4, 0.5) is 0 Å². The molecule has 0 aliphatic rings. The molecular weight excluding hydrogens is 370 g/mol. The van der Waals surface area contributed by atoms with Crippen LogP contribution in [0.1, 0.15) is 37.9 Å². The van der Waals surface area contributed by atoms with Crippen molar-refractivity contribution in [2.24, 2.45) is 0 Å². The quantitative estimate of drug-likeness (QED) is 0.493. The second kappa shape index (κ2) is 9.99. The number of carbonyl (C=O) groups is 1. The van der Waals surface area contributed by atoms with Crippen LogP contribution in [0.3, 0.4) is 0 Å². The molecule has 4 nitrogen and oxygen atoms in total. The molecule has 0 aliphatic carbocycles. The molecule has 0 saturated heterocycles. The summed E-state index contributed by atoms with van der Waals surface area (Å²) in [5.41, 5.74) is 3.52. The van der Waals surface area contributed by atoms with Crippen molar-refractivity contribution in [3.8, 4) is 0 Å². The fourth-order valence-corrected chi connectivity index (χ4v) is 4.71. The van der Waals surface area contributed by atoms with E-state index >= 15 is 0 Å². The average Bonchev–Trinajstić information content (AvgIpc) is 3.06. The van der Waals surface area contributed by atoms with E-state index in [1.165, 1.54) is 28.7 Å². The van der Waals surface area contributed by atoms with Gasteiger partial charge in [0.25, 0.3) is 0 Å². The molecule has 1 aromatic carbocycles. The zero-order chi connectivity index (χ0) is 18.2. The molecule has 0 spiro atoms. The molecule has 7 heteroatoms. The first-order chi connectivity index (χ1) is 12.0. The Kier molecular flexibility index (Phi) is 7.99. The van der Waals surface area contributed by atoms with E-state index in [4.69, 9.17) is 0 Å². The Labute approximate surface area is 161 Å². The maximum atomic E-state index is 12.2. The normalized spacial score (nSPS) is 12.0. The zero-order valence-electron chi connectivity index (χ0n) is 14.7. The van der Waals surface area contributed by atoms with Gasteiger partial charge in [-0.05, 0) is 31.4 Å². The third-order valence-electron chi connectivity index (χ3n) is 3.42. The van der Waals surface area contributed by atoms with Crippen LogP contribution in [0, 0.1) is 0 Å². The lowest BCUT2D eigenvalue weighted by Gasteiger charge is -2.14. The number of nitrogens with one attached hydrogen (secondary N) is 1. The van der Waals surface area contributed by atoms with Gasteiger partial charge < -0.3 is 5.32 Å². The maximum absolute atomic E-state index is 12.2. The Morgan fingerprint density at radius 2 is 1.80 bits per heavy atom. The fraction of sp³-hybridized carbons (Fsp3) is 0.389. The van der Waals surface area contributed by atoms with Crippen LogP contribution in [0.2, 0.25) is 0 Å². The minimum Gasteiger partial charge on any atom is -0.349 e. The van der Waals surface area contributed by atoms with Crippen LogP contribution in [-0.4, -0.2) is 27.6 Å². The van der Waals surface area contributed by atoms with Gasteiger partial charge in [-0.1, -0.05) is 78.2 Å². The Morgan fingerprint density at radius 3 is 2.36 bits per heavy atom. The number of hydrogen-bond acceptors (Lipinski definition) is 6.